The van der Waals surface area contributed by atoms with Crippen LogP contribution in [-0.4, -0.2) is 28.7 Å². The van der Waals surface area contributed by atoms with E-state index in [9.17, 15) is 18.8 Å². The highest BCUT2D eigenvalue weighted by Crippen LogP contribution is 2.38. The maximum atomic E-state index is 13.3. The average molecular weight is 389 g/mol. The molecule has 2 heterocycles. The van der Waals surface area contributed by atoms with Crippen molar-refractivity contribution in [2.24, 2.45) is 0 Å². The van der Waals surface area contributed by atoms with E-state index in [4.69, 9.17) is 16.3 Å². The standard InChI is InChI=1S/C19H14ClFN2O4/c20-13-9-10(5-6-14(13)21)22-17(25)15-7-8-16(24)23(15)18-11-3-1-2-4-12(11)19(26)27-18/h1-6,9,15,18H,7-8H2,(H,22,25)/t15-,18+/m0/s1. The van der Waals surface area contributed by atoms with Crippen LogP contribution in [0, 0.1) is 5.82 Å². The van der Waals surface area contributed by atoms with Crippen LogP contribution < -0.4 is 5.32 Å². The van der Waals surface area contributed by atoms with E-state index >= 15 is 0 Å². The lowest BCUT2D eigenvalue weighted by atomic mass is 10.1. The second kappa shape index (κ2) is 6.66. The van der Waals surface area contributed by atoms with E-state index in [-0.39, 0.29) is 23.8 Å². The molecule has 2 aromatic rings. The van der Waals surface area contributed by atoms with Crippen molar-refractivity contribution < 1.29 is 23.5 Å². The summed E-state index contributed by atoms with van der Waals surface area (Å²) in [6, 6.07) is 9.76. The highest BCUT2D eigenvalue weighted by molar-refractivity contribution is 6.31. The van der Waals surface area contributed by atoms with Gasteiger partial charge in [0.05, 0.1) is 10.6 Å². The van der Waals surface area contributed by atoms with Crippen molar-refractivity contribution in [1.82, 2.24) is 4.90 Å². The van der Waals surface area contributed by atoms with E-state index in [1.54, 1.807) is 24.3 Å². The van der Waals surface area contributed by atoms with Gasteiger partial charge in [0.25, 0.3) is 0 Å². The van der Waals surface area contributed by atoms with E-state index < -0.39 is 30.0 Å². The summed E-state index contributed by atoms with van der Waals surface area (Å²) < 4.78 is 18.7. The van der Waals surface area contributed by atoms with Crippen LogP contribution >= 0.6 is 11.6 Å². The van der Waals surface area contributed by atoms with Crippen molar-refractivity contribution in [3.05, 3.63) is 64.4 Å². The summed E-state index contributed by atoms with van der Waals surface area (Å²) in [5.41, 5.74) is 1.25. The summed E-state index contributed by atoms with van der Waals surface area (Å²) in [5.74, 6) is -1.85. The van der Waals surface area contributed by atoms with Gasteiger partial charge in [-0.05, 0) is 30.7 Å². The molecule has 0 spiro atoms. The Balaban J connectivity index is 1.59. The van der Waals surface area contributed by atoms with Crippen LogP contribution in [0.2, 0.25) is 5.02 Å². The third-order valence-electron chi connectivity index (χ3n) is 4.66. The first-order valence-electron chi connectivity index (χ1n) is 8.32. The summed E-state index contributed by atoms with van der Waals surface area (Å²) in [6.45, 7) is 0. The summed E-state index contributed by atoms with van der Waals surface area (Å²) in [7, 11) is 0. The molecule has 138 valence electrons. The molecule has 2 atom stereocenters. The van der Waals surface area contributed by atoms with Gasteiger partial charge in [-0.1, -0.05) is 29.8 Å². The molecule has 8 heteroatoms. The Bertz CT molecular complexity index is 964. The number of halogens is 2. The molecule has 6 nitrogen and oxygen atoms in total. The van der Waals surface area contributed by atoms with Gasteiger partial charge in [-0.15, -0.1) is 0 Å². The molecule has 1 saturated heterocycles. The number of nitrogens with zero attached hydrogens (tertiary/aromatic N) is 1. The van der Waals surface area contributed by atoms with Crippen molar-refractivity contribution in [2.75, 3.05) is 5.32 Å². The summed E-state index contributed by atoms with van der Waals surface area (Å²) in [5, 5.41) is 2.52. The first kappa shape index (κ1) is 17.5. The van der Waals surface area contributed by atoms with Crippen LogP contribution in [0.3, 0.4) is 0 Å². The van der Waals surface area contributed by atoms with Gasteiger partial charge in [-0.3, -0.25) is 14.5 Å². The van der Waals surface area contributed by atoms with Gasteiger partial charge in [0.2, 0.25) is 18.0 Å². The van der Waals surface area contributed by atoms with Crippen molar-refractivity contribution in [3.8, 4) is 0 Å². The zero-order chi connectivity index (χ0) is 19.1. The number of fused-ring (bicyclic) bond motifs is 1. The molecule has 2 aliphatic heterocycles. The maximum Gasteiger partial charge on any atom is 0.340 e. The Labute approximate surface area is 158 Å². The van der Waals surface area contributed by atoms with E-state index in [1.807, 2.05) is 0 Å². The van der Waals surface area contributed by atoms with E-state index in [0.29, 0.717) is 16.8 Å². The topological polar surface area (TPSA) is 75.7 Å². The number of hydrogen-bond donors (Lipinski definition) is 1. The lowest BCUT2D eigenvalue weighted by Gasteiger charge is -2.29. The van der Waals surface area contributed by atoms with Crippen molar-refractivity contribution in [3.63, 3.8) is 0 Å². The maximum absolute atomic E-state index is 13.3. The van der Waals surface area contributed by atoms with Crippen molar-refractivity contribution in [2.45, 2.75) is 25.1 Å². The van der Waals surface area contributed by atoms with Gasteiger partial charge in [0, 0.05) is 17.7 Å². The molecule has 1 fully saturated rings. The van der Waals surface area contributed by atoms with E-state index in [0.717, 1.165) is 6.07 Å². The molecule has 1 N–H and O–H groups in total. The minimum absolute atomic E-state index is 0.120. The molecular weight excluding hydrogens is 375 g/mol. The molecule has 0 radical (unpaired) electrons. The molecular formula is C19H14ClFN2O4. The lowest BCUT2D eigenvalue weighted by molar-refractivity contribution is -0.144. The first-order valence-corrected chi connectivity index (χ1v) is 8.70. The Morgan fingerprint density at radius 3 is 2.78 bits per heavy atom. The largest absolute Gasteiger partial charge is 0.433 e. The minimum Gasteiger partial charge on any atom is -0.433 e. The first-order chi connectivity index (χ1) is 13.0. The third-order valence-corrected chi connectivity index (χ3v) is 4.95. The third kappa shape index (κ3) is 3.04. The Morgan fingerprint density at radius 1 is 1.22 bits per heavy atom. The van der Waals surface area contributed by atoms with E-state index in [2.05, 4.69) is 5.32 Å². The van der Waals surface area contributed by atoms with Gasteiger partial charge < -0.3 is 10.1 Å². The number of hydrogen-bond acceptors (Lipinski definition) is 4. The predicted molar refractivity (Wildman–Crippen MR) is 94.5 cm³/mol. The number of carbonyl (C=O) groups excluding carboxylic acids is 3. The Hall–Kier alpha value is -2.93. The van der Waals surface area contributed by atoms with Crippen LogP contribution in [0.15, 0.2) is 42.5 Å². The number of likely N-dealkylation sites (tertiary alicyclic amines) is 1. The van der Waals surface area contributed by atoms with Crippen LogP contribution in [0.25, 0.3) is 0 Å². The Morgan fingerprint density at radius 2 is 2.00 bits per heavy atom. The molecule has 0 aromatic heterocycles. The highest BCUT2D eigenvalue weighted by Gasteiger charge is 2.46. The second-order valence-electron chi connectivity index (χ2n) is 6.32. The number of amides is 2. The number of ether oxygens (including phenoxy) is 1. The molecule has 0 aliphatic carbocycles. The minimum atomic E-state index is -0.934. The quantitative estimate of drug-likeness (QED) is 0.819. The van der Waals surface area contributed by atoms with Gasteiger partial charge in [-0.2, -0.15) is 0 Å². The molecule has 0 saturated carbocycles. The van der Waals surface area contributed by atoms with Crippen LogP contribution in [0.4, 0.5) is 10.1 Å². The van der Waals surface area contributed by atoms with Crippen LogP contribution in [0.5, 0.6) is 0 Å². The fourth-order valence-electron chi connectivity index (χ4n) is 3.39. The number of esters is 1. The number of carbonyl (C=O) groups is 3. The fourth-order valence-corrected chi connectivity index (χ4v) is 3.57. The molecule has 0 bridgehead atoms. The Kier molecular flexibility index (Phi) is 4.31. The fraction of sp³-hybridized carbons (Fsp3) is 0.211. The predicted octanol–water partition coefficient (Wildman–Crippen LogP) is 3.28. The smallest absolute Gasteiger partial charge is 0.340 e. The molecule has 0 unspecified atom stereocenters. The SMILES string of the molecule is O=C1O[C@@H](N2C(=O)CC[C@H]2C(=O)Nc2ccc(F)c(Cl)c2)c2ccccc21. The molecule has 2 aromatic carbocycles. The summed E-state index contributed by atoms with van der Waals surface area (Å²) in [4.78, 5) is 38.5. The van der Waals surface area contributed by atoms with E-state index in [1.165, 1.54) is 17.0 Å². The number of anilines is 1. The van der Waals surface area contributed by atoms with Crippen molar-refractivity contribution >= 4 is 35.1 Å². The van der Waals surface area contributed by atoms with Gasteiger partial charge >= 0.3 is 5.97 Å². The number of benzene rings is 2. The number of rotatable bonds is 3. The average Bonchev–Trinajstić information content (AvgIpc) is 3.19. The lowest BCUT2D eigenvalue weighted by Crippen LogP contribution is -2.43. The normalized spacial score (nSPS) is 21.2. The van der Waals surface area contributed by atoms with Gasteiger partial charge in [0.15, 0.2) is 0 Å². The van der Waals surface area contributed by atoms with Gasteiger partial charge in [0.1, 0.15) is 11.9 Å². The number of cyclic esters (lactones) is 1. The summed E-state index contributed by atoms with van der Waals surface area (Å²) in [6.07, 6.45) is -0.481. The highest BCUT2D eigenvalue weighted by atomic mass is 35.5. The molecule has 4 rings (SSSR count). The van der Waals surface area contributed by atoms with Crippen molar-refractivity contribution in [1.29, 1.82) is 0 Å². The summed E-state index contributed by atoms with van der Waals surface area (Å²) >= 11 is 5.74. The number of nitrogens with one attached hydrogen (secondary N) is 1. The molecule has 2 amide bonds. The van der Waals surface area contributed by atoms with Crippen LogP contribution in [-0.2, 0) is 14.3 Å². The zero-order valence-electron chi connectivity index (χ0n) is 13.9. The monoisotopic (exact) mass is 388 g/mol. The molecule has 27 heavy (non-hydrogen) atoms. The molecule has 2 aliphatic rings. The van der Waals surface area contributed by atoms with Crippen LogP contribution in [0.1, 0.15) is 35.0 Å². The second-order valence-corrected chi connectivity index (χ2v) is 6.73. The van der Waals surface area contributed by atoms with Gasteiger partial charge in [-0.25, -0.2) is 9.18 Å². The zero-order valence-corrected chi connectivity index (χ0v) is 14.7.